The summed E-state index contributed by atoms with van der Waals surface area (Å²) in [6.07, 6.45) is 5.18. The molecule has 1 aromatic carbocycles. The summed E-state index contributed by atoms with van der Waals surface area (Å²) in [4.78, 5) is 0. The molecule has 0 aliphatic carbocycles. The topological polar surface area (TPSA) is 25.2 Å². The highest BCUT2D eigenvalue weighted by Gasteiger charge is 2.00. The van der Waals surface area contributed by atoms with Crippen LogP contribution in [0.1, 0.15) is 17.7 Å². The van der Waals surface area contributed by atoms with Gasteiger partial charge in [-0.25, -0.2) is 0 Å². The Morgan fingerprint density at radius 3 is 3.00 bits per heavy atom. The first kappa shape index (κ1) is 11.0. The van der Waals surface area contributed by atoms with Gasteiger partial charge < -0.3 is 9.73 Å². The van der Waals surface area contributed by atoms with E-state index >= 15 is 0 Å². The molecule has 0 aliphatic rings. The van der Waals surface area contributed by atoms with Crippen LogP contribution in [0.2, 0.25) is 0 Å². The number of hydrogen-bond acceptors (Lipinski definition) is 2. The van der Waals surface area contributed by atoms with Crippen molar-refractivity contribution < 1.29 is 4.42 Å². The van der Waals surface area contributed by atoms with Crippen molar-refractivity contribution in [2.24, 2.45) is 0 Å². The molecule has 16 heavy (non-hydrogen) atoms. The molecule has 0 saturated heterocycles. The number of furan rings is 1. The molecule has 0 radical (unpaired) electrons. The molecule has 0 amide bonds. The van der Waals surface area contributed by atoms with Gasteiger partial charge in [-0.2, -0.15) is 0 Å². The van der Waals surface area contributed by atoms with Crippen LogP contribution >= 0.6 is 0 Å². The summed E-state index contributed by atoms with van der Waals surface area (Å²) >= 11 is 0. The summed E-state index contributed by atoms with van der Waals surface area (Å²) in [6.45, 7) is 3.09. The molecule has 0 bridgehead atoms. The third-order valence-electron chi connectivity index (χ3n) is 2.53. The zero-order valence-corrected chi connectivity index (χ0v) is 9.79. The molecule has 1 N–H and O–H groups in total. The zero-order chi connectivity index (χ0) is 11.4. The lowest BCUT2D eigenvalue weighted by atomic mass is 10.2. The number of hydrogen-bond donors (Lipinski definition) is 1. The molecule has 1 aromatic heterocycles. The lowest BCUT2D eigenvalue weighted by Crippen LogP contribution is -2.05. The quantitative estimate of drug-likeness (QED) is 0.791. The van der Waals surface area contributed by atoms with Gasteiger partial charge >= 0.3 is 0 Å². The van der Waals surface area contributed by atoms with E-state index in [1.807, 2.05) is 19.2 Å². The summed E-state index contributed by atoms with van der Waals surface area (Å²) < 4.78 is 5.70. The molecule has 0 spiro atoms. The highest BCUT2D eigenvalue weighted by Crippen LogP contribution is 2.21. The third kappa shape index (κ3) is 2.52. The normalized spacial score (nSPS) is 11.6. The van der Waals surface area contributed by atoms with Crippen LogP contribution in [0.3, 0.4) is 0 Å². The van der Waals surface area contributed by atoms with E-state index in [2.05, 4.69) is 36.5 Å². The Morgan fingerprint density at radius 2 is 2.19 bits per heavy atom. The summed E-state index contributed by atoms with van der Waals surface area (Å²) in [6, 6.07) is 8.32. The monoisotopic (exact) mass is 215 g/mol. The van der Waals surface area contributed by atoms with Gasteiger partial charge in [-0.15, -0.1) is 0 Å². The second-order valence-electron chi connectivity index (χ2n) is 3.98. The van der Waals surface area contributed by atoms with Crippen LogP contribution in [0.25, 0.3) is 17.0 Å². The Bertz CT molecular complexity index is 496. The SMILES string of the molecule is CNCC/C=C/c1cc2cc(C)ccc2o1. The maximum Gasteiger partial charge on any atom is 0.134 e. The smallest absolute Gasteiger partial charge is 0.134 e. The Hall–Kier alpha value is -1.54. The second kappa shape index (κ2) is 4.99. The number of rotatable bonds is 4. The average molecular weight is 215 g/mol. The summed E-state index contributed by atoms with van der Waals surface area (Å²) in [5.74, 6) is 0.928. The highest BCUT2D eigenvalue weighted by atomic mass is 16.3. The minimum absolute atomic E-state index is 0.928. The minimum atomic E-state index is 0.928. The molecule has 0 atom stereocenters. The van der Waals surface area contributed by atoms with Gasteiger partial charge in [0.1, 0.15) is 11.3 Å². The van der Waals surface area contributed by atoms with Gasteiger partial charge in [0.2, 0.25) is 0 Å². The number of fused-ring (bicyclic) bond motifs is 1. The largest absolute Gasteiger partial charge is 0.457 e. The van der Waals surface area contributed by atoms with Crippen LogP contribution in [0.4, 0.5) is 0 Å². The molecule has 0 unspecified atom stereocenters. The summed E-state index contributed by atoms with van der Waals surface area (Å²) in [7, 11) is 1.96. The number of nitrogens with one attached hydrogen (secondary N) is 1. The lowest BCUT2D eigenvalue weighted by Gasteiger charge is -1.90. The van der Waals surface area contributed by atoms with E-state index in [-0.39, 0.29) is 0 Å². The van der Waals surface area contributed by atoms with Gasteiger partial charge in [0, 0.05) is 5.39 Å². The molecule has 2 nitrogen and oxygen atoms in total. The van der Waals surface area contributed by atoms with Crippen molar-refractivity contribution in [1.82, 2.24) is 5.32 Å². The van der Waals surface area contributed by atoms with Crippen molar-refractivity contribution in [3.63, 3.8) is 0 Å². The van der Waals surface area contributed by atoms with E-state index in [9.17, 15) is 0 Å². The molecule has 2 aromatic rings. The number of benzene rings is 1. The fraction of sp³-hybridized carbons (Fsp3) is 0.286. The van der Waals surface area contributed by atoms with Crippen LogP contribution in [0.15, 0.2) is 34.8 Å². The highest BCUT2D eigenvalue weighted by molar-refractivity contribution is 5.80. The van der Waals surface area contributed by atoms with Crippen molar-refractivity contribution in [3.05, 3.63) is 41.7 Å². The average Bonchev–Trinajstić information content (AvgIpc) is 2.66. The summed E-state index contributed by atoms with van der Waals surface area (Å²) in [5.41, 5.74) is 2.22. The van der Waals surface area contributed by atoms with E-state index in [1.165, 1.54) is 10.9 Å². The maximum atomic E-state index is 5.70. The van der Waals surface area contributed by atoms with Crippen molar-refractivity contribution >= 4 is 17.0 Å². The van der Waals surface area contributed by atoms with Gasteiger partial charge in [-0.3, -0.25) is 0 Å². The van der Waals surface area contributed by atoms with Crippen molar-refractivity contribution in [3.8, 4) is 0 Å². The maximum absolute atomic E-state index is 5.70. The van der Waals surface area contributed by atoms with E-state index in [4.69, 9.17) is 4.42 Å². The Balaban J connectivity index is 2.16. The molecule has 0 fully saturated rings. The van der Waals surface area contributed by atoms with E-state index in [1.54, 1.807) is 0 Å². The first-order chi connectivity index (χ1) is 7.79. The zero-order valence-electron chi connectivity index (χ0n) is 9.79. The lowest BCUT2D eigenvalue weighted by molar-refractivity contribution is 0.604. The van der Waals surface area contributed by atoms with E-state index in [0.29, 0.717) is 0 Å². The molecule has 2 rings (SSSR count). The van der Waals surface area contributed by atoms with Gasteiger partial charge in [0.25, 0.3) is 0 Å². The first-order valence-electron chi connectivity index (χ1n) is 5.61. The van der Waals surface area contributed by atoms with Crippen molar-refractivity contribution in [2.75, 3.05) is 13.6 Å². The standard InChI is InChI=1S/C14H17NO/c1-11-6-7-14-12(9-11)10-13(16-14)5-3-4-8-15-2/h3,5-7,9-10,15H,4,8H2,1-2H3/b5-3+. The Labute approximate surface area is 96.0 Å². The number of aryl methyl sites for hydroxylation is 1. The first-order valence-corrected chi connectivity index (χ1v) is 5.61. The van der Waals surface area contributed by atoms with Gasteiger partial charge in [0.15, 0.2) is 0 Å². The van der Waals surface area contributed by atoms with E-state index in [0.717, 1.165) is 24.3 Å². The third-order valence-corrected chi connectivity index (χ3v) is 2.53. The van der Waals surface area contributed by atoms with Gasteiger partial charge in [-0.1, -0.05) is 17.7 Å². The Kier molecular flexibility index (Phi) is 3.42. The van der Waals surface area contributed by atoms with Crippen LogP contribution in [-0.4, -0.2) is 13.6 Å². The molecular weight excluding hydrogens is 198 g/mol. The van der Waals surface area contributed by atoms with Crippen LogP contribution in [0.5, 0.6) is 0 Å². The van der Waals surface area contributed by atoms with Crippen LogP contribution in [0, 0.1) is 6.92 Å². The van der Waals surface area contributed by atoms with Crippen LogP contribution in [-0.2, 0) is 0 Å². The van der Waals surface area contributed by atoms with E-state index < -0.39 is 0 Å². The fourth-order valence-corrected chi connectivity index (χ4v) is 1.69. The molecule has 1 heterocycles. The van der Waals surface area contributed by atoms with Gasteiger partial charge in [0.05, 0.1) is 0 Å². The fourth-order valence-electron chi connectivity index (χ4n) is 1.69. The Morgan fingerprint density at radius 1 is 1.31 bits per heavy atom. The molecular formula is C14H17NO. The molecule has 2 heteroatoms. The van der Waals surface area contributed by atoms with Gasteiger partial charge in [-0.05, 0) is 51.2 Å². The van der Waals surface area contributed by atoms with Crippen molar-refractivity contribution in [1.29, 1.82) is 0 Å². The van der Waals surface area contributed by atoms with Crippen molar-refractivity contribution in [2.45, 2.75) is 13.3 Å². The molecule has 84 valence electrons. The molecule has 0 saturated carbocycles. The van der Waals surface area contributed by atoms with Crippen LogP contribution < -0.4 is 5.32 Å². The predicted molar refractivity (Wildman–Crippen MR) is 68.5 cm³/mol. The molecule has 0 aliphatic heterocycles. The predicted octanol–water partition coefficient (Wildman–Crippen LogP) is 3.36. The minimum Gasteiger partial charge on any atom is -0.457 e. The second-order valence-corrected chi connectivity index (χ2v) is 3.98. The summed E-state index contributed by atoms with van der Waals surface area (Å²) in [5, 5.41) is 4.28.